The number of carbonyl (C=O) groups excluding carboxylic acids is 3. The number of fused-ring (bicyclic) bond motifs is 1. The van der Waals surface area contributed by atoms with Gasteiger partial charge < -0.3 is 19.7 Å². The summed E-state index contributed by atoms with van der Waals surface area (Å²) in [5.41, 5.74) is 0.910. The lowest BCUT2D eigenvalue weighted by molar-refractivity contribution is -0.161. The van der Waals surface area contributed by atoms with E-state index in [1.54, 1.807) is 23.8 Å². The molecule has 0 unspecified atom stereocenters. The fraction of sp³-hybridized carbons (Fsp3) is 0.526. The number of rotatable bonds is 6. The maximum Gasteiger partial charge on any atom is 0.330 e. The molecule has 0 aromatic heterocycles. The van der Waals surface area contributed by atoms with Gasteiger partial charge in [-0.3, -0.25) is 9.59 Å². The van der Waals surface area contributed by atoms with Crippen molar-refractivity contribution in [2.75, 3.05) is 12.9 Å². The van der Waals surface area contributed by atoms with Crippen LogP contribution in [0.4, 0.5) is 0 Å². The van der Waals surface area contributed by atoms with Gasteiger partial charge in [0.1, 0.15) is 11.8 Å². The number of benzene rings is 1. The highest BCUT2D eigenvalue weighted by Crippen LogP contribution is 2.47. The zero-order valence-electron chi connectivity index (χ0n) is 15.7. The van der Waals surface area contributed by atoms with Crippen LogP contribution in [0.25, 0.3) is 0 Å². The monoisotopic (exact) mass is 392 g/mol. The summed E-state index contributed by atoms with van der Waals surface area (Å²) < 4.78 is 10.4. The van der Waals surface area contributed by atoms with Crippen molar-refractivity contribution in [3.63, 3.8) is 0 Å². The molecule has 27 heavy (non-hydrogen) atoms. The number of methoxy groups -OCH3 is 1. The van der Waals surface area contributed by atoms with Crippen molar-refractivity contribution in [3.05, 3.63) is 29.8 Å². The molecule has 0 radical (unpaired) electrons. The quantitative estimate of drug-likeness (QED) is 0.742. The number of nitrogens with zero attached hydrogens (tertiary/aromatic N) is 1. The molecule has 2 aliphatic heterocycles. The van der Waals surface area contributed by atoms with Crippen LogP contribution < -0.4 is 10.1 Å². The SMILES string of the molecule is COc1ccc(CNC(=O)[C@@H](C)OC(=O)[C@@H]2CS[C@@]3(C)CCC(=O)N23)cc1. The first-order valence-corrected chi connectivity index (χ1v) is 9.90. The van der Waals surface area contributed by atoms with Gasteiger partial charge in [0.15, 0.2) is 6.10 Å². The molecular weight excluding hydrogens is 368 g/mol. The van der Waals surface area contributed by atoms with Gasteiger partial charge in [-0.2, -0.15) is 0 Å². The van der Waals surface area contributed by atoms with Gasteiger partial charge in [-0.1, -0.05) is 12.1 Å². The molecule has 0 aliphatic carbocycles. The Morgan fingerprint density at radius 2 is 2.07 bits per heavy atom. The Labute approximate surface area is 162 Å². The second-order valence-corrected chi connectivity index (χ2v) is 8.41. The highest BCUT2D eigenvalue weighted by molar-refractivity contribution is 8.01. The van der Waals surface area contributed by atoms with E-state index in [4.69, 9.17) is 9.47 Å². The van der Waals surface area contributed by atoms with Crippen LogP contribution in [-0.2, 0) is 25.7 Å². The van der Waals surface area contributed by atoms with Gasteiger partial charge in [-0.15, -0.1) is 11.8 Å². The summed E-state index contributed by atoms with van der Waals surface area (Å²) in [5, 5.41) is 2.75. The lowest BCUT2D eigenvalue weighted by Gasteiger charge is -2.29. The van der Waals surface area contributed by atoms with Crippen molar-refractivity contribution in [1.29, 1.82) is 0 Å². The van der Waals surface area contributed by atoms with E-state index in [-0.39, 0.29) is 16.7 Å². The molecular formula is C19H24N2O5S. The van der Waals surface area contributed by atoms with Crippen LogP contribution in [0.2, 0.25) is 0 Å². The van der Waals surface area contributed by atoms with Crippen LogP contribution in [0.15, 0.2) is 24.3 Å². The summed E-state index contributed by atoms with van der Waals surface area (Å²) >= 11 is 1.59. The first-order chi connectivity index (χ1) is 12.8. The van der Waals surface area contributed by atoms with Gasteiger partial charge in [0.05, 0.1) is 12.0 Å². The number of amides is 2. The van der Waals surface area contributed by atoms with Crippen molar-refractivity contribution >= 4 is 29.5 Å². The summed E-state index contributed by atoms with van der Waals surface area (Å²) in [7, 11) is 1.59. The Kier molecular flexibility index (Phi) is 5.64. The Hall–Kier alpha value is -2.22. The van der Waals surface area contributed by atoms with Crippen LogP contribution in [0, 0.1) is 0 Å². The number of hydrogen-bond donors (Lipinski definition) is 1. The summed E-state index contributed by atoms with van der Waals surface area (Å²) in [6, 6.07) is 6.71. The normalized spacial score (nSPS) is 25.1. The molecule has 0 bridgehead atoms. The van der Waals surface area contributed by atoms with E-state index in [1.807, 2.05) is 31.2 Å². The number of hydrogen-bond acceptors (Lipinski definition) is 6. The molecule has 2 heterocycles. The fourth-order valence-electron chi connectivity index (χ4n) is 3.38. The van der Waals surface area contributed by atoms with E-state index < -0.39 is 18.1 Å². The molecule has 7 nitrogen and oxygen atoms in total. The fourth-order valence-corrected chi connectivity index (χ4v) is 4.79. The predicted octanol–water partition coefficient (Wildman–Crippen LogP) is 1.70. The van der Waals surface area contributed by atoms with Crippen molar-refractivity contribution in [2.45, 2.75) is 50.3 Å². The minimum Gasteiger partial charge on any atom is -0.497 e. The average Bonchev–Trinajstić information content (AvgIpc) is 3.16. The van der Waals surface area contributed by atoms with Crippen LogP contribution >= 0.6 is 11.8 Å². The van der Waals surface area contributed by atoms with Gasteiger partial charge in [-0.25, -0.2) is 4.79 Å². The zero-order chi connectivity index (χ0) is 19.6. The Balaban J connectivity index is 1.51. The third-order valence-corrected chi connectivity index (χ3v) is 6.51. The van der Waals surface area contributed by atoms with Crippen LogP contribution in [0.1, 0.15) is 32.3 Å². The van der Waals surface area contributed by atoms with Crippen molar-refractivity contribution in [3.8, 4) is 5.75 Å². The third-order valence-electron chi connectivity index (χ3n) is 5.00. The molecule has 2 fully saturated rings. The van der Waals surface area contributed by atoms with Gasteiger partial charge >= 0.3 is 5.97 Å². The first kappa shape index (κ1) is 19.5. The molecule has 1 N–H and O–H groups in total. The highest BCUT2D eigenvalue weighted by atomic mass is 32.2. The molecule has 1 aromatic rings. The van der Waals surface area contributed by atoms with E-state index in [0.29, 0.717) is 18.7 Å². The highest BCUT2D eigenvalue weighted by Gasteiger charge is 2.53. The largest absolute Gasteiger partial charge is 0.497 e. The number of esters is 1. The summed E-state index contributed by atoms with van der Waals surface area (Å²) in [6.07, 6.45) is 0.258. The van der Waals surface area contributed by atoms with Crippen LogP contribution in [0.3, 0.4) is 0 Å². The Bertz CT molecular complexity index is 738. The molecule has 146 valence electrons. The van der Waals surface area contributed by atoms with Crippen molar-refractivity contribution in [2.24, 2.45) is 0 Å². The maximum absolute atomic E-state index is 12.5. The molecule has 0 saturated carbocycles. The van der Waals surface area contributed by atoms with E-state index in [0.717, 1.165) is 17.7 Å². The maximum atomic E-state index is 12.5. The molecule has 8 heteroatoms. The van der Waals surface area contributed by atoms with Gasteiger partial charge in [0, 0.05) is 18.7 Å². The zero-order valence-corrected chi connectivity index (χ0v) is 16.5. The summed E-state index contributed by atoms with van der Waals surface area (Å²) in [6.45, 7) is 3.84. The molecule has 3 atom stereocenters. The van der Waals surface area contributed by atoms with Crippen LogP contribution in [0.5, 0.6) is 5.75 Å². The Morgan fingerprint density at radius 1 is 1.37 bits per heavy atom. The van der Waals surface area contributed by atoms with E-state index >= 15 is 0 Å². The molecule has 3 rings (SSSR count). The number of ether oxygens (including phenoxy) is 2. The van der Waals surface area contributed by atoms with Crippen molar-refractivity contribution in [1.82, 2.24) is 10.2 Å². The average molecular weight is 392 g/mol. The molecule has 1 aromatic carbocycles. The Morgan fingerprint density at radius 3 is 2.74 bits per heavy atom. The van der Waals surface area contributed by atoms with Gasteiger partial charge in [0.25, 0.3) is 5.91 Å². The van der Waals surface area contributed by atoms with E-state index in [1.165, 1.54) is 6.92 Å². The standard InChI is InChI=1S/C19H24N2O5S/c1-12(17(23)20-10-13-4-6-14(25-3)7-5-13)26-18(24)15-11-27-19(2)9-8-16(22)21(15)19/h4-7,12,15H,8-11H2,1-3H3,(H,20,23)/t12-,15+,19+/m1/s1. The van der Waals surface area contributed by atoms with Gasteiger partial charge in [-0.05, 0) is 38.0 Å². The second kappa shape index (κ2) is 7.80. The molecule has 2 saturated heterocycles. The third kappa shape index (κ3) is 4.05. The minimum atomic E-state index is -0.926. The van der Waals surface area contributed by atoms with Crippen molar-refractivity contribution < 1.29 is 23.9 Å². The number of carbonyl (C=O) groups is 3. The smallest absolute Gasteiger partial charge is 0.330 e. The van der Waals surface area contributed by atoms with Gasteiger partial charge in [0.2, 0.25) is 5.91 Å². The van der Waals surface area contributed by atoms with Crippen LogP contribution in [-0.4, -0.2) is 52.6 Å². The number of thioether (sulfide) groups is 1. The lowest BCUT2D eigenvalue weighted by Crippen LogP contribution is -2.48. The topological polar surface area (TPSA) is 84.9 Å². The lowest BCUT2D eigenvalue weighted by atomic mass is 10.2. The van der Waals surface area contributed by atoms with E-state index in [2.05, 4.69) is 5.32 Å². The predicted molar refractivity (Wildman–Crippen MR) is 101 cm³/mol. The number of nitrogens with one attached hydrogen (secondary N) is 1. The molecule has 2 aliphatic rings. The minimum absolute atomic E-state index is 0.0268. The molecule has 0 spiro atoms. The first-order valence-electron chi connectivity index (χ1n) is 8.91. The molecule has 2 amide bonds. The summed E-state index contributed by atoms with van der Waals surface area (Å²) in [4.78, 5) is 38.2. The summed E-state index contributed by atoms with van der Waals surface area (Å²) in [5.74, 6) is 0.321. The van der Waals surface area contributed by atoms with E-state index in [9.17, 15) is 14.4 Å². The second-order valence-electron chi connectivity index (χ2n) is 6.91.